The summed E-state index contributed by atoms with van der Waals surface area (Å²) in [5.74, 6) is -0.147. The third kappa shape index (κ3) is 4.21. The standard InChI is InChI=1S/C24H26ClN3O2/c1-16-3-8-21-19(13-16)14-22(27(21)2)24(30)28-12-10-18(15-28)23(29)26-11-9-17-4-6-20(25)7-5-17/h3-8,13-14,18H,9-12,15H2,1-2H3,(H,26,29)/t18-/m1/s1. The summed E-state index contributed by atoms with van der Waals surface area (Å²) in [5, 5.41) is 4.79. The molecule has 1 aliphatic heterocycles. The van der Waals surface area contributed by atoms with Crippen LogP contribution in [-0.2, 0) is 18.3 Å². The number of hydrogen-bond donors (Lipinski definition) is 1. The predicted octanol–water partition coefficient (Wildman–Crippen LogP) is 3.96. The van der Waals surface area contributed by atoms with E-state index in [9.17, 15) is 9.59 Å². The summed E-state index contributed by atoms with van der Waals surface area (Å²) in [6.07, 6.45) is 1.45. The number of benzene rings is 2. The maximum atomic E-state index is 13.1. The molecule has 1 atom stereocenters. The Morgan fingerprint density at radius 2 is 1.90 bits per heavy atom. The van der Waals surface area contributed by atoms with E-state index in [1.807, 2.05) is 54.9 Å². The van der Waals surface area contributed by atoms with Gasteiger partial charge in [0.2, 0.25) is 5.91 Å². The number of halogens is 1. The number of nitrogens with one attached hydrogen (secondary N) is 1. The monoisotopic (exact) mass is 423 g/mol. The number of likely N-dealkylation sites (tertiary alicyclic amines) is 1. The van der Waals surface area contributed by atoms with Crippen LogP contribution in [0.15, 0.2) is 48.5 Å². The number of nitrogens with zero attached hydrogens (tertiary/aromatic N) is 2. The Labute approximate surface area is 181 Å². The van der Waals surface area contributed by atoms with Crippen LogP contribution in [0.2, 0.25) is 5.02 Å². The van der Waals surface area contributed by atoms with E-state index in [-0.39, 0.29) is 17.7 Å². The van der Waals surface area contributed by atoms with Gasteiger partial charge < -0.3 is 14.8 Å². The van der Waals surface area contributed by atoms with Crippen LogP contribution in [-0.4, -0.2) is 40.9 Å². The number of carbonyl (C=O) groups is 2. The fourth-order valence-corrected chi connectivity index (χ4v) is 4.25. The first kappa shape index (κ1) is 20.5. The molecular weight excluding hydrogens is 398 g/mol. The predicted molar refractivity (Wildman–Crippen MR) is 120 cm³/mol. The minimum atomic E-state index is -0.156. The van der Waals surface area contributed by atoms with Gasteiger partial charge in [-0.25, -0.2) is 0 Å². The Bertz CT molecular complexity index is 1090. The van der Waals surface area contributed by atoms with Crippen molar-refractivity contribution >= 4 is 34.3 Å². The topological polar surface area (TPSA) is 54.3 Å². The average Bonchev–Trinajstić information content (AvgIpc) is 3.34. The Kier molecular flexibility index (Phi) is 5.82. The summed E-state index contributed by atoms with van der Waals surface area (Å²) in [6.45, 7) is 3.69. The van der Waals surface area contributed by atoms with Gasteiger partial charge in [0.15, 0.2) is 0 Å². The minimum Gasteiger partial charge on any atom is -0.355 e. The smallest absolute Gasteiger partial charge is 0.270 e. The molecule has 0 radical (unpaired) electrons. The number of carbonyl (C=O) groups excluding carboxylic acids is 2. The molecule has 1 fully saturated rings. The zero-order valence-corrected chi connectivity index (χ0v) is 18.1. The van der Waals surface area contributed by atoms with Gasteiger partial charge in [-0.3, -0.25) is 9.59 Å². The van der Waals surface area contributed by atoms with Gasteiger partial charge in [0.05, 0.1) is 5.92 Å². The number of amides is 2. The molecule has 0 spiro atoms. The Morgan fingerprint density at radius 1 is 1.13 bits per heavy atom. The molecule has 3 aromatic rings. The molecule has 4 rings (SSSR count). The van der Waals surface area contributed by atoms with E-state index in [4.69, 9.17) is 11.6 Å². The van der Waals surface area contributed by atoms with Gasteiger partial charge in [0.25, 0.3) is 5.91 Å². The lowest BCUT2D eigenvalue weighted by Crippen LogP contribution is -2.35. The van der Waals surface area contributed by atoms with Gasteiger partial charge in [0, 0.05) is 42.6 Å². The van der Waals surface area contributed by atoms with Crippen molar-refractivity contribution in [3.8, 4) is 0 Å². The average molecular weight is 424 g/mol. The molecule has 2 heterocycles. The third-order valence-corrected chi connectivity index (χ3v) is 6.14. The zero-order chi connectivity index (χ0) is 21.3. The Morgan fingerprint density at radius 3 is 2.67 bits per heavy atom. The summed E-state index contributed by atoms with van der Waals surface area (Å²) >= 11 is 5.90. The highest BCUT2D eigenvalue weighted by Crippen LogP contribution is 2.24. The van der Waals surface area contributed by atoms with Gasteiger partial charge in [-0.1, -0.05) is 35.4 Å². The van der Waals surface area contributed by atoms with Gasteiger partial charge in [-0.2, -0.15) is 0 Å². The third-order valence-electron chi connectivity index (χ3n) is 5.89. The molecule has 5 nitrogen and oxygen atoms in total. The van der Waals surface area contributed by atoms with E-state index in [0.29, 0.717) is 36.8 Å². The van der Waals surface area contributed by atoms with Crippen LogP contribution in [0.25, 0.3) is 10.9 Å². The molecule has 30 heavy (non-hydrogen) atoms. The maximum absolute atomic E-state index is 13.1. The Balaban J connectivity index is 1.34. The first-order valence-electron chi connectivity index (χ1n) is 10.3. The fraction of sp³-hybridized carbons (Fsp3) is 0.333. The summed E-state index contributed by atoms with van der Waals surface area (Å²) in [4.78, 5) is 27.4. The Hall–Kier alpha value is -2.79. The van der Waals surface area contributed by atoms with E-state index in [1.54, 1.807) is 4.90 Å². The largest absolute Gasteiger partial charge is 0.355 e. The minimum absolute atomic E-state index is 0.0113. The molecule has 0 unspecified atom stereocenters. The molecule has 1 saturated heterocycles. The van der Waals surface area contributed by atoms with E-state index in [0.717, 1.165) is 22.9 Å². The van der Waals surface area contributed by atoms with Gasteiger partial charge in [-0.15, -0.1) is 0 Å². The number of aryl methyl sites for hydroxylation is 2. The van der Waals surface area contributed by atoms with Gasteiger partial charge >= 0.3 is 0 Å². The first-order chi connectivity index (χ1) is 14.4. The maximum Gasteiger partial charge on any atom is 0.270 e. The number of hydrogen-bond acceptors (Lipinski definition) is 2. The lowest BCUT2D eigenvalue weighted by Gasteiger charge is -2.17. The molecule has 2 amide bonds. The summed E-state index contributed by atoms with van der Waals surface area (Å²) in [5.41, 5.74) is 4.01. The highest BCUT2D eigenvalue weighted by atomic mass is 35.5. The molecule has 1 aliphatic rings. The molecule has 0 saturated carbocycles. The summed E-state index contributed by atoms with van der Waals surface area (Å²) < 4.78 is 1.94. The second-order valence-corrected chi connectivity index (χ2v) is 8.49. The quantitative estimate of drug-likeness (QED) is 0.675. The van der Waals surface area contributed by atoms with Crippen LogP contribution >= 0.6 is 11.6 Å². The van der Waals surface area contributed by atoms with Gasteiger partial charge in [-0.05, 0) is 55.7 Å². The van der Waals surface area contributed by atoms with Crippen molar-refractivity contribution in [2.45, 2.75) is 19.8 Å². The van der Waals surface area contributed by atoms with Crippen LogP contribution in [0.4, 0.5) is 0 Å². The molecule has 156 valence electrons. The highest BCUT2D eigenvalue weighted by molar-refractivity contribution is 6.30. The van der Waals surface area contributed by atoms with Crippen molar-refractivity contribution in [3.05, 3.63) is 70.4 Å². The van der Waals surface area contributed by atoms with Gasteiger partial charge in [0.1, 0.15) is 5.69 Å². The number of aromatic nitrogens is 1. The zero-order valence-electron chi connectivity index (χ0n) is 17.3. The van der Waals surface area contributed by atoms with Crippen LogP contribution in [0, 0.1) is 12.8 Å². The highest BCUT2D eigenvalue weighted by Gasteiger charge is 2.32. The second kappa shape index (κ2) is 8.52. The lowest BCUT2D eigenvalue weighted by molar-refractivity contribution is -0.124. The van der Waals surface area contributed by atoms with E-state index < -0.39 is 0 Å². The van der Waals surface area contributed by atoms with E-state index in [2.05, 4.69) is 17.4 Å². The lowest BCUT2D eigenvalue weighted by atomic mass is 10.1. The molecule has 0 aliphatic carbocycles. The van der Waals surface area contributed by atoms with Crippen molar-refractivity contribution in [1.29, 1.82) is 0 Å². The first-order valence-corrected chi connectivity index (χ1v) is 10.7. The van der Waals surface area contributed by atoms with Crippen LogP contribution < -0.4 is 5.32 Å². The van der Waals surface area contributed by atoms with Crippen molar-refractivity contribution < 1.29 is 9.59 Å². The SMILES string of the molecule is Cc1ccc2c(c1)cc(C(=O)N1CC[C@@H](C(=O)NCCc3ccc(Cl)cc3)C1)n2C. The number of fused-ring (bicyclic) bond motifs is 1. The molecular formula is C24H26ClN3O2. The summed E-state index contributed by atoms with van der Waals surface area (Å²) in [6, 6.07) is 15.8. The molecule has 1 aromatic heterocycles. The summed E-state index contributed by atoms with van der Waals surface area (Å²) in [7, 11) is 1.92. The van der Waals surface area contributed by atoms with Crippen molar-refractivity contribution in [3.63, 3.8) is 0 Å². The van der Waals surface area contributed by atoms with Crippen molar-refractivity contribution in [2.24, 2.45) is 13.0 Å². The van der Waals surface area contributed by atoms with Crippen LogP contribution in [0.1, 0.15) is 28.0 Å². The van der Waals surface area contributed by atoms with E-state index >= 15 is 0 Å². The van der Waals surface area contributed by atoms with Crippen LogP contribution in [0.3, 0.4) is 0 Å². The molecule has 2 aromatic carbocycles. The van der Waals surface area contributed by atoms with Crippen LogP contribution in [0.5, 0.6) is 0 Å². The van der Waals surface area contributed by atoms with Crippen molar-refractivity contribution in [2.75, 3.05) is 19.6 Å². The molecule has 6 heteroatoms. The normalized spacial score (nSPS) is 16.2. The second-order valence-electron chi connectivity index (χ2n) is 8.06. The molecule has 1 N–H and O–H groups in total. The number of rotatable bonds is 5. The van der Waals surface area contributed by atoms with Crippen molar-refractivity contribution in [1.82, 2.24) is 14.8 Å². The molecule has 0 bridgehead atoms. The fourth-order valence-electron chi connectivity index (χ4n) is 4.12. The van der Waals surface area contributed by atoms with E-state index in [1.165, 1.54) is 5.56 Å².